The average Bonchev–Trinajstić information content (AvgIpc) is 2.53. The zero-order valence-electron chi connectivity index (χ0n) is 14.5. The molecule has 1 aromatic carbocycles. The van der Waals surface area contributed by atoms with Gasteiger partial charge in [-0.25, -0.2) is 4.79 Å². The molecule has 0 spiro atoms. The third-order valence-corrected chi connectivity index (χ3v) is 3.51. The number of amides is 1. The van der Waals surface area contributed by atoms with Gasteiger partial charge in [0, 0.05) is 12.4 Å². The zero-order valence-corrected chi connectivity index (χ0v) is 14.5. The van der Waals surface area contributed by atoms with Gasteiger partial charge < -0.3 is 15.2 Å². The normalized spacial score (nSPS) is 13.9. The summed E-state index contributed by atoms with van der Waals surface area (Å²) in [6, 6.07) is 10.9. The number of aliphatic hydroxyl groups is 1. The van der Waals surface area contributed by atoms with E-state index >= 15 is 0 Å². The van der Waals surface area contributed by atoms with Crippen LogP contribution in [-0.2, 0) is 4.74 Å². The summed E-state index contributed by atoms with van der Waals surface area (Å²) in [6.07, 6.45) is 2.16. The second-order valence-electron chi connectivity index (χ2n) is 6.72. The molecule has 0 unspecified atom stereocenters. The number of benzene rings is 1. The maximum atomic E-state index is 11.8. The predicted octanol–water partition coefficient (Wildman–Crippen LogP) is 3.75. The molecule has 0 aliphatic carbocycles. The first-order valence-corrected chi connectivity index (χ1v) is 7.93. The first-order valence-electron chi connectivity index (χ1n) is 7.93. The minimum atomic E-state index is -0.698. The Hall–Kier alpha value is -2.40. The van der Waals surface area contributed by atoms with Crippen molar-refractivity contribution in [2.45, 2.75) is 45.4 Å². The Bertz CT molecular complexity index is 663. The number of carbonyl (C=O) groups excluding carboxylic acids is 1. The molecule has 1 amide bonds. The van der Waals surface area contributed by atoms with Crippen LogP contribution in [0.3, 0.4) is 0 Å². The number of ether oxygens (including phenoxy) is 1. The predicted molar refractivity (Wildman–Crippen MR) is 92.5 cm³/mol. The molecule has 0 aliphatic heterocycles. The van der Waals surface area contributed by atoms with Crippen LogP contribution in [0.4, 0.5) is 4.79 Å². The molecule has 2 N–H and O–H groups in total. The van der Waals surface area contributed by atoms with E-state index in [2.05, 4.69) is 10.3 Å². The molecule has 0 saturated heterocycles. The number of rotatable bonds is 4. The molecule has 1 heterocycles. The van der Waals surface area contributed by atoms with Crippen LogP contribution < -0.4 is 5.32 Å². The molecule has 5 nitrogen and oxygen atoms in total. The van der Waals surface area contributed by atoms with Gasteiger partial charge in [0.2, 0.25) is 0 Å². The largest absolute Gasteiger partial charge is 0.444 e. The van der Waals surface area contributed by atoms with Crippen LogP contribution in [0, 0.1) is 0 Å². The first-order chi connectivity index (χ1) is 11.3. The minimum Gasteiger partial charge on any atom is -0.444 e. The van der Waals surface area contributed by atoms with E-state index in [4.69, 9.17) is 4.74 Å². The number of nitrogens with one attached hydrogen (secondary N) is 1. The Kier molecular flexibility index (Phi) is 5.57. The molecule has 0 fully saturated rings. The van der Waals surface area contributed by atoms with Crippen molar-refractivity contribution in [3.63, 3.8) is 0 Å². The summed E-state index contributed by atoms with van der Waals surface area (Å²) in [5.74, 6) is 0. The molecule has 24 heavy (non-hydrogen) atoms. The fourth-order valence-electron chi connectivity index (χ4n) is 2.27. The highest BCUT2D eigenvalue weighted by Crippen LogP contribution is 2.23. The van der Waals surface area contributed by atoms with Crippen LogP contribution in [0.2, 0.25) is 0 Å². The topological polar surface area (TPSA) is 71.5 Å². The molecule has 0 bridgehead atoms. The van der Waals surface area contributed by atoms with Crippen molar-refractivity contribution in [1.29, 1.82) is 0 Å². The van der Waals surface area contributed by atoms with Gasteiger partial charge in [0.25, 0.3) is 0 Å². The van der Waals surface area contributed by atoms with E-state index in [0.29, 0.717) is 0 Å². The molecule has 2 atom stereocenters. The molecular formula is C19H24N2O3. The van der Waals surface area contributed by atoms with Crippen molar-refractivity contribution in [3.05, 3.63) is 65.5 Å². The Labute approximate surface area is 142 Å². The fourth-order valence-corrected chi connectivity index (χ4v) is 2.27. The second kappa shape index (κ2) is 7.45. The van der Waals surface area contributed by atoms with Crippen LogP contribution in [0.5, 0.6) is 0 Å². The van der Waals surface area contributed by atoms with Gasteiger partial charge in [0.05, 0.1) is 6.04 Å². The Morgan fingerprint density at radius 2 is 1.54 bits per heavy atom. The number of pyridine rings is 1. The van der Waals surface area contributed by atoms with E-state index in [1.165, 1.54) is 0 Å². The third kappa shape index (κ3) is 5.06. The third-order valence-electron chi connectivity index (χ3n) is 3.51. The number of alkyl carbamates (subject to hydrolysis) is 1. The number of carbonyl (C=O) groups is 1. The summed E-state index contributed by atoms with van der Waals surface area (Å²) in [7, 11) is 0. The van der Waals surface area contributed by atoms with E-state index in [9.17, 15) is 9.90 Å². The summed E-state index contributed by atoms with van der Waals surface area (Å²) in [5.41, 5.74) is 1.99. The molecule has 2 aromatic rings. The number of aliphatic hydroxyl groups excluding tert-OH is 1. The zero-order chi connectivity index (χ0) is 17.7. The maximum absolute atomic E-state index is 11.8. The lowest BCUT2D eigenvalue weighted by atomic mass is 9.99. The highest BCUT2D eigenvalue weighted by atomic mass is 16.6. The average molecular weight is 328 g/mol. The van der Waals surface area contributed by atoms with Crippen molar-refractivity contribution in [2.24, 2.45) is 0 Å². The number of nitrogens with zero attached hydrogens (tertiary/aromatic N) is 1. The molecular weight excluding hydrogens is 304 g/mol. The van der Waals surface area contributed by atoms with Gasteiger partial charge in [0.1, 0.15) is 11.7 Å². The summed E-state index contributed by atoms with van der Waals surface area (Å²) in [6.45, 7) is 7.36. The van der Waals surface area contributed by atoms with E-state index < -0.39 is 17.8 Å². The lowest BCUT2D eigenvalue weighted by molar-refractivity contribution is 0.0508. The summed E-state index contributed by atoms with van der Waals surface area (Å²) >= 11 is 0. The molecule has 5 heteroatoms. The molecule has 0 saturated carbocycles. The van der Waals surface area contributed by atoms with E-state index in [1.54, 1.807) is 24.5 Å². The second-order valence-corrected chi connectivity index (χ2v) is 6.72. The lowest BCUT2D eigenvalue weighted by Crippen LogP contribution is -2.34. The quantitative estimate of drug-likeness (QED) is 0.896. The van der Waals surface area contributed by atoms with Crippen molar-refractivity contribution in [1.82, 2.24) is 10.3 Å². The van der Waals surface area contributed by atoms with Crippen LogP contribution in [-0.4, -0.2) is 21.8 Å². The fraction of sp³-hybridized carbons (Fsp3) is 0.368. The van der Waals surface area contributed by atoms with Crippen molar-refractivity contribution in [2.75, 3.05) is 0 Å². The number of hydrogen-bond acceptors (Lipinski definition) is 4. The van der Waals surface area contributed by atoms with Crippen molar-refractivity contribution in [3.8, 4) is 0 Å². The van der Waals surface area contributed by atoms with E-state index in [1.807, 2.05) is 52.0 Å². The Balaban J connectivity index is 2.02. The number of hydrogen-bond donors (Lipinski definition) is 2. The van der Waals surface area contributed by atoms with Gasteiger partial charge in [-0.1, -0.05) is 24.3 Å². The van der Waals surface area contributed by atoms with Gasteiger partial charge in [0.15, 0.2) is 0 Å². The van der Waals surface area contributed by atoms with Gasteiger partial charge in [-0.15, -0.1) is 0 Å². The standard InChI is InChI=1S/C19H24N2O3/c1-13(21-18(23)24-19(2,3)4)14-5-7-15(8-6-14)17(22)16-9-11-20-12-10-16/h5-13,17,22H,1-4H3,(H,21,23)/t13-,17+/m0/s1. The Morgan fingerprint density at radius 3 is 2.08 bits per heavy atom. The van der Waals surface area contributed by atoms with Gasteiger partial charge in [-0.3, -0.25) is 4.98 Å². The summed E-state index contributed by atoms with van der Waals surface area (Å²) in [4.78, 5) is 15.8. The van der Waals surface area contributed by atoms with Crippen LogP contribution in [0.15, 0.2) is 48.8 Å². The summed E-state index contributed by atoms with van der Waals surface area (Å²) < 4.78 is 5.25. The molecule has 128 valence electrons. The Morgan fingerprint density at radius 1 is 1.04 bits per heavy atom. The number of aromatic nitrogens is 1. The summed E-state index contributed by atoms with van der Waals surface area (Å²) in [5, 5.41) is 13.2. The van der Waals surface area contributed by atoms with Crippen LogP contribution >= 0.6 is 0 Å². The SMILES string of the molecule is C[C@H](NC(=O)OC(C)(C)C)c1ccc([C@@H](O)c2ccncc2)cc1. The van der Waals surface area contributed by atoms with E-state index in [0.717, 1.165) is 16.7 Å². The van der Waals surface area contributed by atoms with Crippen molar-refractivity contribution >= 4 is 6.09 Å². The smallest absolute Gasteiger partial charge is 0.408 e. The van der Waals surface area contributed by atoms with Gasteiger partial charge >= 0.3 is 6.09 Å². The molecule has 2 rings (SSSR count). The molecule has 0 radical (unpaired) electrons. The van der Waals surface area contributed by atoms with Crippen LogP contribution in [0.1, 0.15) is 56.5 Å². The van der Waals surface area contributed by atoms with Crippen molar-refractivity contribution < 1.29 is 14.6 Å². The van der Waals surface area contributed by atoms with Gasteiger partial charge in [-0.2, -0.15) is 0 Å². The molecule has 0 aliphatic rings. The lowest BCUT2D eigenvalue weighted by Gasteiger charge is -2.22. The van der Waals surface area contributed by atoms with Gasteiger partial charge in [-0.05, 0) is 56.5 Å². The maximum Gasteiger partial charge on any atom is 0.408 e. The highest BCUT2D eigenvalue weighted by molar-refractivity contribution is 5.68. The first kappa shape index (κ1) is 17.9. The highest BCUT2D eigenvalue weighted by Gasteiger charge is 2.18. The minimum absolute atomic E-state index is 0.188. The van der Waals surface area contributed by atoms with E-state index in [-0.39, 0.29) is 6.04 Å². The van der Waals surface area contributed by atoms with Crippen LogP contribution in [0.25, 0.3) is 0 Å². The molecule has 1 aromatic heterocycles. The monoisotopic (exact) mass is 328 g/mol.